The van der Waals surface area contributed by atoms with E-state index >= 15 is 0 Å². The van der Waals surface area contributed by atoms with Crippen LogP contribution in [-0.2, 0) is 14.8 Å². The third-order valence-electron chi connectivity index (χ3n) is 5.08. The van der Waals surface area contributed by atoms with E-state index in [9.17, 15) is 13.2 Å². The smallest absolute Gasteiger partial charge is 0.243 e. The third kappa shape index (κ3) is 5.05. The van der Waals surface area contributed by atoms with Crippen LogP contribution in [-0.4, -0.2) is 55.8 Å². The molecule has 1 aliphatic carbocycles. The summed E-state index contributed by atoms with van der Waals surface area (Å²) in [4.78, 5) is 14.8. The van der Waals surface area contributed by atoms with Crippen molar-refractivity contribution in [1.82, 2.24) is 9.21 Å². The van der Waals surface area contributed by atoms with Crippen LogP contribution in [0.5, 0.6) is 0 Å². The van der Waals surface area contributed by atoms with Gasteiger partial charge in [-0.2, -0.15) is 4.31 Å². The number of benzene rings is 1. The van der Waals surface area contributed by atoms with Crippen molar-refractivity contribution in [3.63, 3.8) is 0 Å². The fourth-order valence-electron chi connectivity index (χ4n) is 3.58. The van der Waals surface area contributed by atoms with Crippen LogP contribution >= 0.6 is 0 Å². The lowest BCUT2D eigenvalue weighted by atomic mass is 10.2. The van der Waals surface area contributed by atoms with Gasteiger partial charge < -0.3 is 5.32 Å². The Bertz CT molecular complexity index is 678. The van der Waals surface area contributed by atoms with Gasteiger partial charge in [0.15, 0.2) is 0 Å². The summed E-state index contributed by atoms with van der Waals surface area (Å²) in [7, 11) is -3.47. The number of anilines is 1. The molecule has 2 rings (SSSR count). The molecular formula is C19H31N3O3S. The Labute approximate surface area is 157 Å². The van der Waals surface area contributed by atoms with Crippen LogP contribution in [0.3, 0.4) is 0 Å². The third-order valence-corrected chi connectivity index (χ3v) is 7.14. The zero-order valence-electron chi connectivity index (χ0n) is 16.1. The lowest BCUT2D eigenvalue weighted by molar-refractivity contribution is -0.117. The fourth-order valence-corrected chi connectivity index (χ4v) is 5.03. The first-order valence-electron chi connectivity index (χ1n) is 9.56. The van der Waals surface area contributed by atoms with Crippen LogP contribution in [0.4, 0.5) is 5.69 Å². The quantitative estimate of drug-likeness (QED) is 0.714. The number of carbonyl (C=O) groups is 1. The van der Waals surface area contributed by atoms with Gasteiger partial charge >= 0.3 is 0 Å². The molecule has 0 unspecified atom stereocenters. The molecule has 1 aliphatic rings. The van der Waals surface area contributed by atoms with Gasteiger partial charge in [-0.05, 0) is 43.7 Å². The highest BCUT2D eigenvalue weighted by atomic mass is 32.2. The van der Waals surface area contributed by atoms with Crippen molar-refractivity contribution < 1.29 is 13.2 Å². The molecule has 6 nitrogen and oxygen atoms in total. The molecule has 0 radical (unpaired) electrons. The second-order valence-corrected chi connectivity index (χ2v) is 8.60. The normalized spacial score (nSPS) is 15.7. The Morgan fingerprint density at radius 1 is 1.04 bits per heavy atom. The highest BCUT2D eigenvalue weighted by molar-refractivity contribution is 7.89. The average molecular weight is 382 g/mol. The van der Waals surface area contributed by atoms with E-state index < -0.39 is 10.0 Å². The Hall–Kier alpha value is -1.44. The van der Waals surface area contributed by atoms with Gasteiger partial charge in [0.25, 0.3) is 0 Å². The minimum absolute atomic E-state index is 0.0573. The van der Waals surface area contributed by atoms with Gasteiger partial charge in [0.2, 0.25) is 15.9 Å². The number of carbonyl (C=O) groups excluding carboxylic acids is 1. The fraction of sp³-hybridized carbons (Fsp3) is 0.632. The van der Waals surface area contributed by atoms with Crippen LogP contribution in [0, 0.1) is 0 Å². The summed E-state index contributed by atoms with van der Waals surface area (Å²) in [5.74, 6) is -0.0573. The number of rotatable bonds is 9. The predicted octanol–water partition coefficient (Wildman–Crippen LogP) is 2.92. The van der Waals surface area contributed by atoms with Crippen molar-refractivity contribution in [2.75, 3.05) is 31.5 Å². The number of likely N-dealkylation sites (N-methyl/N-ethyl adjacent to an activating group) is 1. The van der Waals surface area contributed by atoms with E-state index in [2.05, 4.69) is 17.1 Å². The summed E-state index contributed by atoms with van der Waals surface area (Å²) in [6.07, 6.45) is 4.81. The van der Waals surface area contributed by atoms with E-state index in [1.807, 2.05) is 13.8 Å². The van der Waals surface area contributed by atoms with Crippen molar-refractivity contribution in [2.45, 2.75) is 57.4 Å². The molecule has 146 valence electrons. The lowest BCUT2D eigenvalue weighted by Crippen LogP contribution is -2.39. The molecule has 0 aromatic heterocycles. The van der Waals surface area contributed by atoms with Gasteiger partial charge in [0, 0.05) is 24.8 Å². The Balaban J connectivity index is 1.99. The van der Waals surface area contributed by atoms with Gasteiger partial charge in [0.1, 0.15) is 0 Å². The van der Waals surface area contributed by atoms with Crippen LogP contribution < -0.4 is 5.32 Å². The molecule has 1 aromatic rings. The molecule has 0 saturated heterocycles. The molecule has 1 N–H and O–H groups in total. The van der Waals surface area contributed by atoms with Gasteiger partial charge in [-0.1, -0.05) is 33.6 Å². The van der Waals surface area contributed by atoms with Crippen molar-refractivity contribution in [1.29, 1.82) is 0 Å². The number of hydrogen-bond donors (Lipinski definition) is 1. The molecule has 1 amide bonds. The van der Waals surface area contributed by atoms with Crippen molar-refractivity contribution in [3.8, 4) is 0 Å². The SMILES string of the molecule is CCN(CC(=O)Nc1ccc(S(=O)(=O)N(CC)CC)cc1)C1CCCC1. The maximum absolute atomic E-state index is 12.5. The number of nitrogens with one attached hydrogen (secondary N) is 1. The highest BCUT2D eigenvalue weighted by Crippen LogP contribution is 2.23. The summed E-state index contributed by atoms with van der Waals surface area (Å²) < 4.78 is 26.4. The zero-order chi connectivity index (χ0) is 19.2. The lowest BCUT2D eigenvalue weighted by Gasteiger charge is -2.26. The molecule has 0 heterocycles. The number of nitrogens with zero attached hydrogens (tertiary/aromatic N) is 2. The Kier molecular flexibility index (Phi) is 7.61. The molecule has 0 spiro atoms. The molecule has 0 aliphatic heterocycles. The van der Waals surface area contributed by atoms with E-state index in [0.29, 0.717) is 31.4 Å². The van der Waals surface area contributed by atoms with E-state index in [4.69, 9.17) is 0 Å². The predicted molar refractivity (Wildman–Crippen MR) is 105 cm³/mol. The summed E-state index contributed by atoms with van der Waals surface area (Å²) in [5, 5.41) is 2.88. The molecule has 1 fully saturated rings. The maximum Gasteiger partial charge on any atom is 0.243 e. The number of sulfonamides is 1. The van der Waals surface area contributed by atoms with E-state index in [1.165, 1.54) is 30.0 Å². The topological polar surface area (TPSA) is 69.7 Å². The summed E-state index contributed by atoms with van der Waals surface area (Å²) in [6, 6.07) is 6.92. The molecule has 1 saturated carbocycles. The molecule has 26 heavy (non-hydrogen) atoms. The Morgan fingerprint density at radius 2 is 1.62 bits per heavy atom. The zero-order valence-corrected chi connectivity index (χ0v) is 16.9. The van der Waals surface area contributed by atoms with E-state index in [-0.39, 0.29) is 10.8 Å². The molecular weight excluding hydrogens is 350 g/mol. The second kappa shape index (κ2) is 9.48. The van der Waals surface area contributed by atoms with Gasteiger partial charge in [0.05, 0.1) is 11.4 Å². The van der Waals surface area contributed by atoms with Crippen molar-refractivity contribution >= 4 is 21.6 Å². The standard InChI is InChI=1S/C19H31N3O3S/c1-4-21(17-9-7-8-10-17)15-19(23)20-16-11-13-18(14-12-16)26(24,25)22(5-2)6-3/h11-14,17H,4-10,15H2,1-3H3,(H,20,23). The second-order valence-electron chi connectivity index (χ2n) is 6.66. The first-order chi connectivity index (χ1) is 12.4. The first kappa shape index (κ1) is 20.9. The van der Waals surface area contributed by atoms with Gasteiger partial charge in [-0.15, -0.1) is 0 Å². The molecule has 1 aromatic carbocycles. The molecule has 0 atom stereocenters. The average Bonchev–Trinajstić information content (AvgIpc) is 3.15. The largest absolute Gasteiger partial charge is 0.325 e. The van der Waals surface area contributed by atoms with Crippen molar-refractivity contribution in [2.24, 2.45) is 0 Å². The first-order valence-corrected chi connectivity index (χ1v) is 11.0. The molecule has 7 heteroatoms. The minimum atomic E-state index is -3.47. The summed E-state index contributed by atoms with van der Waals surface area (Å²) in [5.41, 5.74) is 0.621. The van der Waals surface area contributed by atoms with E-state index in [0.717, 1.165) is 6.54 Å². The number of amides is 1. The molecule has 0 bridgehead atoms. The monoisotopic (exact) mass is 381 g/mol. The summed E-state index contributed by atoms with van der Waals surface area (Å²) in [6.45, 7) is 7.83. The maximum atomic E-state index is 12.5. The summed E-state index contributed by atoms with van der Waals surface area (Å²) >= 11 is 0. The minimum Gasteiger partial charge on any atom is -0.325 e. The van der Waals surface area contributed by atoms with Gasteiger partial charge in [-0.25, -0.2) is 8.42 Å². The van der Waals surface area contributed by atoms with Gasteiger partial charge in [-0.3, -0.25) is 9.69 Å². The number of hydrogen-bond acceptors (Lipinski definition) is 4. The van der Waals surface area contributed by atoms with E-state index in [1.54, 1.807) is 24.3 Å². The van der Waals surface area contributed by atoms with Crippen molar-refractivity contribution in [3.05, 3.63) is 24.3 Å². The van der Waals surface area contributed by atoms with Crippen LogP contribution in [0.25, 0.3) is 0 Å². The highest BCUT2D eigenvalue weighted by Gasteiger charge is 2.24. The van der Waals surface area contributed by atoms with Crippen LogP contribution in [0.15, 0.2) is 29.2 Å². The van der Waals surface area contributed by atoms with Crippen LogP contribution in [0.1, 0.15) is 46.5 Å². The Morgan fingerprint density at radius 3 is 2.12 bits per heavy atom. The van der Waals surface area contributed by atoms with Crippen LogP contribution in [0.2, 0.25) is 0 Å².